The first-order valence-electron chi connectivity index (χ1n) is 11.5. The minimum absolute atomic E-state index is 0.0797. The van der Waals surface area contributed by atoms with Crippen LogP contribution in [-0.2, 0) is 0 Å². The van der Waals surface area contributed by atoms with Crippen molar-refractivity contribution < 1.29 is 4.79 Å². The van der Waals surface area contributed by atoms with Gasteiger partial charge >= 0.3 is 6.03 Å². The smallest absolute Gasteiger partial charge is 0.321 e. The van der Waals surface area contributed by atoms with Crippen LogP contribution in [-0.4, -0.2) is 56.9 Å². The number of halogens is 1. The van der Waals surface area contributed by atoms with Gasteiger partial charge in [0, 0.05) is 37.8 Å². The molecule has 3 heterocycles. The van der Waals surface area contributed by atoms with E-state index in [1.54, 1.807) is 4.68 Å². The molecule has 1 N–H and O–H groups in total. The maximum Gasteiger partial charge on any atom is 0.321 e. The van der Waals surface area contributed by atoms with Gasteiger partial charge in [0.15, 0.2) is 5.65 Å². The summed E-state index contributed by atoms with van der Waals surface area (Å²) in [6.07, 6.45) is 4.04. The first-order valence-corrected chi connectivity index (χ1v) is 11.9. The van der Waals surface area contributed by atoms with Crippen LogP contribution in [0.2, 0.25) is 5.02 Å². The van der Waals surface area contributed by atoms with Crippen molar-refractivity contribution in [1.29, 1.82) is 0 Å². The molecule has 2 amide bonds. The molecule has 1 aliphatic heterocycles. The van der Waals surface area contributed by atoms with Gasteiger partial charge in [0.05, 0.1) is 22.3 Å². The van der Waals surface area contributed by atoms with Crippen molar-refractivity contribution in [3.63, 3.8) is 0 Å². The number of benzene rings is 2. The number of piperazine rings is 1. The van der Waals surface area contributed by atoms with E-state index in [1.165, 1.54) is 0 Å². The number of amides is 2. The van der Waals surface area contributed by atoms with Crippen LogP contribution in [0, 0.1) is 0 Å². The molecule has 4 aromatic rings. The van der Waals surface area contributed by atoms with Gasteiger partial charge in [0.2, 0.25) is 0 Å². The fraction of sp³-hybridized carbons (Fsp3) is 0.280. The summed E-state index contributed by atoms with van der Waals surface area (Å²) in [5.41, 5.74) is 2.37. The molecule has 172 valence electrons. The third kappa shape index (κ3) is 3.94. The Bertz CT molecular complexity index is 1340. The van der Waals surface area contributed by atoms with Crippen LogP contribution in [0.5, 0.6) is 0 Å². The summed E-state index contributed by atoms with van der Waals surface area (Å²) in [4.78, 5) is 26.6. The number of para-hydroxylation sites is 2. The molecule has 2 aliphatic rings. The van der Waals surface area contributed by atoms with Crippen LogP contribution in [0.25, 0.3) is 16.7 Å². The Morgan fingerprint density at radius 3 is 2.41 bits per heavy atom. The van der Waals surface area contributed by atoms with E-state index in [4.69, 9.17) is 21.6 Å². The number of anilines is 2. The van der Waals surface area contributed by atoms with Gasteiger partial charge in [0.1, 0.15) is 11.6 Å². The van der Waals surface area contributed by atoms with Crippen molar-refractivity contribution in [1.82, 2.24) is 24.6 Å². The standard InChI is InChI=1S/C25H24ClN7O/c26-20-8-4-5-9-21(20)33-24-19(16-27-33)23(29-22(30-24)17-10-11-17)31-12-14-32(15-13-31)25(34)28-18-6-2-1-3-7-18/h1-9,16-17H,10-15H2,(H,28,34). The highest BCUT2D eigenvalue weighted by Gasteiger charge is 2.31. The first kappa shape index (κ1) is 20.9. The zero-order valence-electron chi connectivity index (χ0n) is 18.6. The zero-order chi connectivity index (χ0) is 23.1. The topological polar surface area (TPSA) is 79.2 Å². The summed E-state index contributed by atoms with van der Waals surface area (Å²) < 4.78 is 1.80. The Kier molecular flexibility index (Phi) is 5.30. The number of hydrogen-bond donors (Lipinski definition) is 1. The Morgan fingerprint density at radius 2 is 1.68 bits per heavy atom. The first-order chi connectivity index (χ1) is 16.7. The molecule has 2 aromatic heterocycles. The van der Waals surface area contributed by atoms with Crippen molar-refractivity contribution in [3.8, 4) is 5.69 Å². The number of nitrogens with one attached hydrogen (secondary N) is 1. The lowest BCUT2D eigenvalue weighted by atomic mass is 10.2. The van der Waals surface area contributed by atoms with Crippen molar-refractivity contribution in [2.24, 2.45) is 0 Å². The lowest BCUT2D eigenvalue weighted by Gasteiger charge is -2.35. The minimum atomic E-state index is -0.0797. The molecule has 1 aliphatic carbocycles. The van der Waals surface area contributed by atoms with E-state index in [9.17, 15) is 4.79 Å². The van der Waals surface area contributed by atoms with Gasteiger partial charge in [-0.3, -0.25) is 0 Å². The Hall–Kier alpha value is -3.65. The maximum atomic E-state index is 12.7. The van der Waals surface area contributed by atoms with Gasteiger partial charge in [-0.05, 0) is 37.1 Å². The molecular formula is C25H24ClN7O. The van der Waals surface area contributed by atoms with Crippen molar-refractivity contribution in [2.45, 2.75) is 18.8 Å². The minimum Gasteiger partial charge on any atom is -0.352 e. The molecular weight excluding hydrogens is 450 g/mol. The molecule has 2 aromatic carbocycles. The second kappa shape index (κ2) is 8.61. The van der Waals surface area contributed by atoms with Gasteiger partial charge in [-0.15, -0.1) is 0 Å². The lowest BCUT2D eigenvalue weighted by molar-refractivity contribution is 0.208. The van der Waals surface area contributed by atoms with Gasteiger partial charge in [-0.1, -0.05) is 41.9 Å². The van der Waals surface area contributed by atoms with Crippen molar-refractivity contribution in [3.05, 3.63) is 71.6 Å². The average Bonchev–Trinajstić information content (AvgIpc) is 3.64. The molecule has 0 atom stereocenters. The third-order valence-corrected chi connectivity index (χ3v) is 6.66. The summed E-state index contributed by atoms with van der Waals surface area (Å²) in [5, 5.41) is 9.11. The van der Waals surface area contributed by atoms with E-state index in [1.807, 2.05) is 65.7 Å². The third-order valence-electron chi connectivity index (χ3n) is 6.34. The predicted molar refractivity (Wildman–Crippen MR) is 133 cm³/mol. The molecule has 34 heavy (non-hydrogen) atoms. The van der Waals surface area contributed by atoms with Crippen LogP contribution in [0.1, 0.15) is 24.6 Å². The highest BCUT2D eigenvalue weighted by Crippen LogP contribution is 2.40. The second-order valence-corrected chi connectivity index (χ2v) is 9.10. The van der Waals surface area contributed by atoms with Crippen LogP contribution in [0.15, 0.2) is 60.8 Å². The number of aromatic nitrogens is 4. The Labute approximate surface area is 202 Å². The van der Waals surface area contributed by atoms with Crippen LogP contribution in [0.3, 0.4) is 0 Å². The summed E-state index contributed by atoms with van der Waals surface area (Å²) in [6.45, 7) is 2.61. The molecule has 0 unspecified atom stereocenters. The average molecular weight is 474 g/mol. The molecule has 8 nitrogen and oxygen atoms in total. The number of carbonyl (C=O) groups is 1. The SMILES string of the molecule is O=C(Nc1ccccc1)N1CCN(c2nc(C3CC3)nc3c2cnn3-c2ccccc2Cl)CC1. The normalized spacial score (nSPS) is 16.1. The molecule has 0 bridgehead atoms. The van der Waals surface area contributed by atoms with E-state index in [0.29, 0.717) is 37.1 Å². The molecule has 6 rings (SSSR count). The molecule has 9 heteroatoms. The Balaban J connectivity index is 1.27. The summed E-state index contributed by atoms with van der Waals surface area (Å²) in [6, 6.07) is 17.1. The van der Waals surface area contributed by atoms with Crippen LogP contribution >= 0.6 is 11.6 Å². The van der Waals surface area contributed by atoms with Gasteiger partial charge in [-0.25, -0.2) is 19.4 Å². The number of nitrogens with zero attached hydrogens (tertiary/aromatic N) is 6. The largest absolute Gasteiger partial charge is 0.352 e. The fourth-order valence-electron chi connectivity index (χ4n) is 4.32. The highest BCUT2D eigenvalue weighted by atomic mass is 35.5. The van der Waals surface area contributed by atoms with E-state index < -0.39 is 0 Å². The lowest BCUT2D eigenvalue weighted by Crippen LogP contribution is -2.50. The number of fused-ring (bicyclic) bond motifs is 1. The molecule has 1 saturated carbocycles. The van der Waals surface area contributed by atoms with E-state index in [0.717, 1.165) is 46.9 Å². The van der Waals surface area contributed by atoms with Gasteiger partial charge in [-0.2, -0.15) is 5.10 Å². The number of urea groups is 1. The maximum absolute atomic E-state index is 12.7. The van der Waals surface area contributed by atoms with Crippen molar-refractivity contribution in [2.75, 3.05) is 36.4 Å². The molecule has 0 radical (unpaired) electrons. The quantitative estimate of drug-likeness (QED) is 0.464. The summed E-state index contributed by atoms with van der Waals surface area (Å²) >= 11 is 6.46. The Morgan fingerprint density at radius 1 is 0.941 bits per heavy atom. The zero-order valence-corrected chi connectivity index (χ0v) is 19.3. The molecule has 0 spiro atoms. The fourth-order valence-corrected chi connectivity index (χ4v) is 4.54. The monoisotopic (exact) mass is 473 g/mol. The molecule has 2 fully saturated rings. The van der Waals surface area contributed by atoms with Gasteiger partial charge in [0.25, 0.3) is 0 Å². The van der Waals surface area contributed by atoms with E-state index in [2.05, 4.69) is 15.3 Å². The van der Waals surface area contributed by atoms with E-state index in [-0.39, 0.29) is 6.03 Å². The highest BCUT2D eigenvalue weighted by molar-refractivity contribution is 6.32. The molecule has 1 saturated heterocycles. The number of carbonyl (C=O) groups excluding carboxylic acids is 1. The number of hydrogen-bond acceptors (Lipinski definition) is 5. The van der Waals surface area contributed by atoms with E-state index >= 15 is 0 Å². The second-order valence-electron chi connectivity index (χ2n) is 8.70. The summed E-state index contributed by atoms with van der Waals surface area (Å²) in [7, 11) is 0. The van der Waals surface area contributed by atoms with Crippen LogP contribution < -0.4 is 10.2 Å². The van der Waals surface area contributed by atoms with Crippen molar-refractivity contribution >= 4 is 40.2 Å². The van der Waals surface area contributed by atoms with Crippen LogP contribution in [0.4, 0.5) is 16.3 Å². The number of rotatable bonds is 4. The summed E-state index contributed by atoms with van der Waals surface area (Å²) in [5.74, 6) is 2.14. The predicted octanol–water partition coefficient (Wildman–Crippen LogP) is 4.70. The van der Waals surface area contributed by atoms with Gasteiger partial charge < -0.3 is 15.1 Å².